The molecule has 0 saturated heterocycles. The molecule has 2 aromatic rings. The highest BCUT2D eigenvalue weighted by atomic mass is 35.5. The van der Waals surface area contributed by atoms with Gasteiger partial charge >= 0.3 is 6.03 Å². The van der Waals surface area contributed by atoms with Crippen molar-refractivity contribution in [3.05, 3.63) is 57.6 Å². The number of rotatable bonds is 8. The monoisotopic (exact) mass is 379 g/mol. The summed E-state index contributed by atoms with van der Waals surface area (Å²) >= 11 is 5.98. The van der Waals surface area contributed by atoms with Crippen molar-refractivity contribution >= 4 is 29.0 Å². The maximum Gasteiger partial charge on any atom is 0.319 e. The smallest absolute Gasteiger partial charge is 0.319 e. The summed E-state index contributed by atoms with van der Waals surface area (Å²) in [5, 5.41) is 16.5. The zero-order valence-electron chi connectivity index (χ0n) is 14.0. The summed E-state index contributed by atoms with van der Waals surface area (Å²) in [6.07, 6.45) is 0.579. The van der Waals surface area contributed by atoms with Crippen LogP contribution >= 0.6 is 11.6 Å². The Bertz CT molecular complexity index is 785. The van der Waals surface area contributed by atoms with E-state index in [9.17, 15) is 14.9 Å². The molecule has 2 amide bonds. The Hall–Kier alpha value is -3.00. The Kier molecular flexibility index (Phi) is 7.04. The Morgan fingerprint density at radius 1 is 1.23 bits per heavy atom. The number of methoxy groups -OCH3 is 1. The van der Waals surface area contributed by atoms with E-state index in [1.807, 2.05) is 12.1 Å². The largest absolute Gasteiger partial charge is 0.494 e. The van der Waals surface area contributed by atoms with Gasteiger partial charge in [-0.1, -0.05) is 23.7 Å². The number of ether oxygens (including phenoxy) is 2. The summed E-state index contributed by atoms with van der Waals surface area (Å²) in [5.74, 6) is 0.797. The Morgan fingerprint density at radius 2 is 2.00 bits per heavy atom. The molecule has 0 bridgehead atoms. The molecular formula is C17H18ClN3O5. The summed E-state index contributed by atoms with van der Waals surface area (Å²) in [6.45, 7) is 0.774. The zero-order valence-corrected chi connectivity index (χ0v) is 14.8. The van der Waals surface area contributed by atoms with Gasteiger partial charge in [-0.2, -0.15) is 0 Å². The fraction of sp³-hybridized carbons (Fsp3) is 0.235. The van der Waals surface area contributed by atoms with Gasteiger partial charge in [0.25, 0.3) is 5.69 Å². The Morgan fingerprint density at radius 3 is 2.69 bits per heavy atom. The molecule has 9 heteroatoms. The van der Waals surface area contributed by atoms with E-state index in [0.717, 1.165) is 0 Å². The molecule has 2 rings (SSSR count). The highest BCUT2D eigenvalue weighted by Crippen LogP contribution is 2.28. The van der Waals surface area contributed by atoms with Gasteiger partial charge in [-0.15, -0.1) is 0 Å². The summed E-state index contributed by atoms with van der Waals surface area (Å²) in [6, 6.07) is 10.6. The minimum Gasteiger partial charge on any atom is -0.494 e. The van der Waals surface area contributed by atoms with E-state index in [1.165, 1.54) is 25.3 Å². The lowest BCUT2D eigenvalue weighted by atomic mass is 10.2. The second-order valence-electron chi connectivity index (χ2n) is 5.16. The molecule has 0 saturated carbocycles. The third-order valence-corrected chi connectivity index (χ3v) is 3.66. The van der Waals surface area contributed by atoms with Crippen LogP contribution in [0.25, 0.3) is 0 Å². The molecule has 0 aliphatic carbocycles. The minimum atomic E-state index is -0.536. The van der Waals surface area contributed by atoms with Crippen LogP contribution in [0, 0.1) is 10.1 Å². The number of halogens is 1. The molecule has 0 heterocycles. The van der Waals surface area contributed by atoms with Crippen LogP contribution in [0.5, 0.6) is 11.5 Å². The van der Waals surface area contributed by atoms with E-state index >= 15 is 0 Å². The third-order valence-electron chi connectivity index (χ3n) is 3.35. The van der Waals surface area contributed by atoms with Crippen molar-refractivity contribution < 1.29 is 19.2 Å². The van der Waals surface area contributed by atoms with Crippen molar-refractivity contribution in [3.63, 3.8) is 0 Å². The van der Waals surface area contributed by atoms with E-state index < -0.39 is 11.0 Å². The number of nitro groups is 1. The second-order valence-corrected chi connectivity index (χ2v) is 5.56. The van der Waals surface area contributed by atoms with Gasteiger partial charge in [0, 0.05) is 12.6 Å². The molecule has 138 valence electrons. The first-order valence-electron chi connectivity index (χ1n) is 7.76. The summed E-state index contributed by atoms with van der Waals surface area (Å²) < 4.78 is 10.6. The van der Waals surface area contributed by atoms with Gasteiger partial charge in [-0.25, -0.2) is 4.79 Å². The molecule has 0 atom stereocenters. The van der Waals surface area contributed by atoms with Crippen LogP contribution in [-0.2, 0) is 0 Å². The van der Waals surface area contributed by atoms with Crippen molar-refractivity contribution in [1.82, 2.24) is 5.32 Å². The summed E-state index contributed by atoms with van der Waals surface area (Å²) in [4.78, 5) is 22.1. The molecule has 0 aliphatic heterocycles. The molecule has 2 aromatic carbocycles. The molecule has 0 aliphatic rings. The number of anilines is 1. The first-order chi connectivity index (χ1) is 12.5. The number of urea groups is 1. The second kappa shape index (κ2) is 9.47. The van der Waals surface area contributed by atoms with Crippen LogP contribution in [0.2, 0.25) is 5.02 Å². The third kappa shape index (κ3) is 5.52. The standard InChI is InChI=1S/C17H18ClN3O5/c1-25-16-11-12(21(23)24)7-8-14(16)20-17(22)19-9-4-10-26-15-6-3-2-5-13(15)18/h2-3,5-8,11H,4,9-10H2,1H3,(H2,19,20,22). The maximum atomic E-state index is 11.9. The number of amides is 2. The minimum absolute atomic E-state index is 0.121. The number of benzene rings is 2. The number of nitrogens with one attached hydrogen (secondary N) is 2. The van der Waals surface area contributed by atoms with Crippen LogP contribution in [0.3, 0.4) is 0 Å². The van der Waals surface area contributed by atoms with Crippen LogP contribution in [-0.4, -0.2) is 31.2 Å². The molecule has 0 spiro atoms. The molecule has 8 nitrogen and oxygen atoms in total. The average molecular weight is 380 g/mol. The van der Waals surface area contributed by atoms with Crippen LogP contribution in [0.4, 0.5) is 16.2 Å². The molecule has 0 aromatic heterocycles. The highest BCUT2D eigenvalue weighted by molar-refractivity contribution is 6.32. The number of non-ortho nitro benzene ring substituents is 1. The highest BCUT2D eigenvalue weighted by Gasteiger charge is 2.13. The molecule has 0 radical (unpaired) electrons. The normalized spacial score (nSPS) is 10.1. The van der Waals surface area contributed by atoms with Gasteiger partial charge in [0.05, 0.1) is 35.4 Å². The van der Waals surface area contributed by atoms with Crippen molar-refractivity contribution in [3.8, 4) is 11.5 Å². The Balaban J connectivity index is 1.77. The lowest BCUT2D eigenvalue weighted by Crippen LogP contribution is -2.30. The number of hydrogen-bond donors (Lipinski definition) is 2. The van der Waals surface area contributed by atoms with Crippen LogP contribution in [0.1, 0.15) is 6.42 Å². The number of nitrogens with zero attached hydrogens (tertiary/aromatic N) is 1. The topological polar surface area (TPSA) is 103 Å². The quantitative estimate of drug-likeness (QED) is 0.412. The predicted molar refractivity (Wildman–Crippen MR) is 98.2 cm³/mol. The van der Waals surface area contributed by atoms with Gasteiger partial charge < -0.3 is 20.1 Å². The zero-order chi connectivity index (χ0) is 18.9. The average Bonchev–Trinajstić information content (AvgIpc) is 2.63. The molecule has 0 fully saturated rings. The van der Waals surface area contributed by atoms with Crippen LogP contribution < -0.4 is 20.1 Å². The SMILES string of the molecule is COc1cc([N+](=O)[O-])ccc1NC(=O)NCCCOc1ccccc1Cl. The predicted octanol–water partition coefficient (Wildman–Crippen LogP) is 3.85. The lowest BCUT2D eigenvalue weighted by Gasteiger charge is -2.11. The van der Waals surface area contributed by atoms with E-state index in [4.69, 9.17) is 21.1 Å². The van der Waals surface area contributed by atoms with Crippen molar-refractivity contribution in [2.24, 2.45) is 0 Å². The van der Waals surface area contributed by atoms with E-state index in [2.05, 4.69) is 10.6 Å². The fourth-order valence-corrected chi connectivity index (χ4v) is 2.27. The lowest BCUT2D eigenvalue weighted by molar-refractivity contribution is -0.384. The number of carbonyl (C=O) groups excluding carboxylic acids is 1. The van der Waals surface area contributed by atoms with Crippen LogP contribution in [0.15, 0.2) is 42.5 Å². The fourth-order valence-electron chi connectivity index (χ4n) is 2.08. The molecule has 2 N–H and O–H groups in total. The molecular weight excluding hydrogens is 362 g/mol. The van der Waals surface area contributed by atoms with Gasteiger partial charge in [0.1, 0.15) is 11.5 Å². The van der Waals surface area contributed by atoms with E-state index in [1.54, 1.807) is 12.1 Å². The van der Waals surface area contributed by atoms with Gasteiger partial charge in [-0.05, 0) is 24.6 Å². The van der Waals surface area contributed by atoms with Crippen molar-refractivity contribution in [1.29, 1.82) is 0 Å². The first-order valence-corrected chi connectivity index (χ1v) is 8.13. The van der Waals surface area contributed by atoms with Gasteiger partial charge in [0.15, 0.2) is 0 Å². The number of para-hydroxylation sites is 1. The van der Waals surface area contributed by atoms with Gasteiger partial charge in [0.2, 0.25) is 0 Å². The maximum absolute atomic E-state index is 11.9. The van der Waals surface area contributed by atoms with E-state index in [0.29, 0.717) is 36.0 Å². The summed E-state index contributed by atoms with van der Waals surface area (Å²) in [5.41, 5.74) is 0.215. The Labute approximate surface area is 155 Å². The van der Waals surface area contributed by atoms with Gasteiger partial charge in [-0.3, -0.25) is 10.1 Å². The number of hydrogen-bond acceptors (Lipinski definition) is 5. The number of nitro benzene ring substituents is 1. The first kappa shape index (κ1) is 19.3. The number of carbonyl (C=O) groups is 1. The molecule has 26 heavy (non-hydrogen) atoms. The van der Waals surface area contributed by atoms with Crippen molar-refractivity contribution in [2.75, 3.05) is 25.6 Å². The van der Waals surface area contributed by atoms with E-state index in [-0.39, 0.29) is 11.4 Å². The molecule has 0 unspecified atom stereocenters. The summed E-state index contributed by atoms with van der Waals surface area (Å²) in [7, 11) is 1.37. The van der Waals surface area contributed by atoms with Crippen molar-refractivity contribution in [2.45, 2.75) is 6.42 Å².